The van der Waals surface area contributed by atoms with Gasteiger partial charge in [-0.25, -0.2) is 0 Å². The Labute approximate surface area is 164 Å². The Bertz CT molecular complexity index is 838. The van der Waals surface area contributed by atoms with Crippen LogP contribution in [-0.2, 0) is 13.1 Å². The lowest BCUT2D eigenvalue weighted by Crippen LogP contribution is -2.30. The lowest BCUT2D eigenvalue weighted by atomic mass is 10.1. The number of benzene rings is 2. The standard InChI is InChI=1S/C21H25NO6/c1-3-24-18-8-21-20(27-13-28-21)7-16(18)11-22(9-14(2)23)10-15-4-5-17-19(6-15)26-12-25-17/h4-8,14,23H,3,9-13H2,1-2H3. The summed E-state index contributed by atoms with van der Waals surface area (Å²) >= 11 is 0. The van der Waals surface area contributed by atoms with Gasteiger partial charge in [0, 0.05) is 31.3 Å². The van der Waals surface area contributed by atoms with Gasteiger partial charge >= 0.3 is 0 Å². The monoisotopic (exact) mass is 387 g/mol. The van der Waals surface area contributed by atoms with E-state index >= 15 is 0 Å². The molecule has 2 aliphatic heterocycles. The van der Waals surface area contributed by atoms with Crippen LogP contribution in [0, 0.1) is 0 Å². The zero-order valence-electron chi connectivity index (χ0n) is 16.1. The molecule has 4 rings (SSSR count). The van der Waals surface area contributed by atoms with Crippen molar-refractivity contribution >= 4 is 0 Å². The molecule has 7 heteroatoms. The van der Waals surface area contributed by atoms with Crippen LogP contribution in [-0.4, -0.2) is 42.8 Å². The van der Waals surface area contributed by atoms with E-state index in [1.54, 1.807) is 6.92 Å². The number of fused-ring (bicyclic) bond motifs is 2. The number of hydrogen-bond acceptors (Lipinski definition) is 7. The molecule has 2 aromatic rings. The second kappa shape index (κ2) is 8.16. The lowest BCUT2D eigenvalue weighted by Gasteiger charge is -2.25. The molecule has 1 N–H and O–H groups in total. The van der Waals surface area contributed by atoms with E-state index in [9.17, 15) is 5.11 Å². The number of aliphatic hydroxyl groups is 1. The normalized spacial score (nSPS) is 15.1. The lowest BCUT2D eigenvalue weighted by molar-refractivity contribution is 0.117. The van der Waals surface area contributed by atoms with Gasteiger partial charge in [0.25, 0.3) is 0 Å². The van der Waals surface area contributed by atoms with Crippen molar-refractivity contribution in [1.29, 1.82) is 0 Å². The molecule has 0 fully saturated rings. The van der Waals surface area contributed by atoms with Crippen LogP contribution in [0.15, 0.2) is 30.3 Å². The van der Waals surface area contributed by atoms with Crippen LogP contribution in [0.1, 0.15) is 25.0 Å². The summed E-state index contributed by atoms with van der Waals surface area (Å²) in [5, 5.41) is 10.00. The maximum atomic E-state index is 10.00. The third-order valence-corrected chi connectivity index (χ3v) is 4.62. The molecule has 28 heavy (non-hydrogen) atoms. The zero-order valence-corrected chi connectivity index (χ0v) is 16.1. The number of ether oxygens (including phenoxy) is 5. The quantitative estimate of drug-likeness (QED) is 0.747. The molecule has 7 nitrogen and oxygen atoms in total. The van der Waals surface area contributed by atoms with Crippen LogP contribution < -0.4 is 23.7 Å². The molecule has 0 aromatic heterocycles. The van der Waals surface area contributed by atoms with Gasteiger partial charge in [-0.3, -0.25) is 4.90 Å². The van der Waals surface area contributed by atoms with Crippen LogP contribution in [0.3, 0.4) is 0 Å². The molecule has 0 radical (unpaired) electrons. The number of rotatable bonds is 8. The summed E-state index contributed by atoms with van der Waals surface area (Å²) in [6, 6.07) is 9.76. The van der Waals surface area contributed by atoms with E-state index in [4.69, 9.17) is 23.7 Å². The first-order valence-electron chi connectivity index (χ1n) is 9.46. The summed E-state index contributed by atoms with van der Waals surface area (Å²) in [5.74, 6) is 3.71. The first-order chi connectivity index (χ1) is 13.6. The van der Waals surface area contributed by atoms with Gasteiger partial charge in [-0.1, -0.05) is 6.07 Å². The summed E-state index contributed by atoms with van der Waals surface area (Å²) in [7, 11) is 0. The Morgan fingerprint density at radius 2 is 1.64 bits per heavy atom. The highest BCUT2D eigenvalue weighted by Crippen LogP contribution is 2.39. The predicted octanol–water partition coefficient (Wildman–Crippen LogP) is 2.93. The van der Waals surface area contributed by atoms with E-state index in [0.717, 1.165) is 34.1 Å². The van der Waals surface area contributed by atoms with Gasteiger partial charge < -0.3 is 28.8 Å². The van der Waals surface area contributed by atoms with Crippen molar-refractivity contribution < 1.29 is 28.8 Å². The van der Waals surface area contributed by atoms with Crippen LogP contribution in [0.25, 0.3) is 0 Å². The minimum atomic E-state index is -0.460. The molecule has 2 aliphatic rings. The average Bonchev–Trinajstić information content (AvgIpc) is 3.29. The average molecular weight is 387 g/mol. The Balaban J connectivity index is 1.56. The van der Waals surface area contributed by atoms with Gasteiger partial charge in [0.1, 0.15) is 5.75 Å². The first kappa shape index (κ1) is 18.7. The van der Waals surface area contributed by atoms with Crippen molar-refractivity contribution in [3.8, 4) is 28.7 Å². The predicted molar refractivity (Wildman–Crippen MR) is 102 cm³/mol. The fourth-order valence-electron chi connectivity index (χ4n) is 3.48. The minimum Gasteiger partial charge on any atom is -0.493 e. The zero-order chi connectivity index (χ0) is 19.5. The summed E-state index contributed by atoms with van der Waals surface area (Å²) in [6.07, 6.45) is -0.460. The fraction of sp³-hybridized carbons (Fsp3) is 0.429. The highest BCUT2D eigenvalue weighted by Gasteiger charge is 2.21. The van der Waals surface area contributed by atoms with E-state index in [1.165, 1.54) is 0 Å². The van der Waals surface area contributed by atoms with Gasteiger partial charge in [-0.05, 0) is 37.6 Å². The van der Waals surface area contributed by atoms with E-state index in [-0.39, 0.29) is 13.6 Å². The smallest absolute Gasteiger partial charge is 0.231 e. The van der Waals surface area contributed by atoms with Crippen LogP contribution >= 0.6 is 0 Å². The molecule has 2 heterocycles. The SMILES string of the molecule is CCOc1cc2c(cc1CN(Cc1ccc3c(c1)OCO3)CC(C)O)OCO2. The highest BCUT2D eigenvalue weighted by molar-refractivity contribution is 5.52. The van der Waals surface area contributed by atoms with Crippen LogP contribution in [0.5, 0.6) is 28.7 Å². The van der Waals surface area contributed by atoms with E-state index in [0.29, 0.717) is 32.0 Å². The third kappa shape index (κ3) is 4.10. The maximum absolute atomic E-state index is 10.00. The maximum Gasteiger partial charge on any atom is 0.231 e. The second-order valence-electron chi connectivity index (χ2n) is 6.95. The summed E-state index contributed by atoms with van der Waals surface area (Å²) in [4.78, 5) is 2.17. The van der Waals surface area contributed by atoms with Crippen LogP contribution in [0.4, 0.5) is 0 Å². The molecule has 0 spiro atoms. The Kier molecular flexibility index (Phi) is 5.45. The molecular weight excluding hydrogens is 362 g/mol. The minimum absolute atomic E-state index is 0.221. The molecule has 0 bridgehead atoms. The van der Waals surface area contributed by atoms with Gasteiger partial charge in [0.2, 0.25) is 13.6 Å². The topological polar surface area (TPSA) is 69.6 Å². The van der Waals surface area contributed by atoms with Crippen LogP contribution in [0.2, 0.25) is 0 Å². The van der Waals surface area contributed by atoms with Gasteiger partial charge in [-0.2, -0.15) is 0 Å². The van der Waals surface area contributed by atoms with Gasteiger partial charge in [-0.15, -0.1) is 0 Å². The molecule has 150 valence electrons. The van der Waals surface area contributed by atoms with Gasteiger partial charge in [0.05, 0.1) is 12.7 Å². The Morgan fingerprint density at radius 3 is 2.36 bits per heavy atom. The fourth-order valence-corrected chi connectivity index (χ4v) is 3.48. The summed E-state index contributed by atoms with van der Waals surface area (Å²) < 4.78 is 27.7. The van der Waals surface area contributed by atoms with Crippen molar-refractivity contribution in [1.82, 2.24) is 4.90 Å². The molecule has 0 aliphatic carbocycles. The van der Waals surface area contributed by atoms with Crippen molar-refractivity contribution in [3.63, 3.8) is 0 Å². The molecular formula is C21H25NO6. The van der Waals surface area contributed by atoms with E-state index in [2.05, 4.69) is 4.90 Å². The summed E-state index contributed by atoms with van der Waals surface area (Å²) in [5.41, 5.74) is 2.08. The van der Waals surface area contributed by atoms with E-state index in [1.807, 2.05) is 37.3 Å². The van der Waals surface area contributed by atoms with Crippen molar-refractivity contribution in [2.45, 2.75) is 33.0 Å². The highest BCUT2D eigenvalue weighted by atomic mass is 16.7. The second-order valence-corrected chi connectivity index (χ2v) is 6.95. The van der Waals surface area contributed by atoms with Crippen molar-refractivity contribution in [3.05, 3.63) is 41.5 Å². The number of aliphatic hydroxyl groups excluding tert-OH is 1. The first-order valence-corrected chi connectivity index (χ1v) is 9.46. The van der Waals surface area contributed by atoms with Gasteiger partial charge in [0.15, 0.2) is 23.0 Å². The molecule has 1 unspecified atom stereocenters. The number of nitrogens with zero attached hydrogens (tertiary/aromatic N) is 1. The summed E-state index contributed by atoms with van der Waals surface area (Å²) in [6.45, 7) is 6.56. The molecule has 0 saturated heterocycles. The molecule has 1 atom stereocenters. The number of hydrogen-bond donors (Lipinski definition) is 1. The molecule has 0 amide bonds. The third-order valence-electron chi connectivity index (χ3n) is 4.62. The van der Waals surface area contributed by atoms with E-state index < -0.39 is 6.10 Å². The molecule has 2 aromatic carbocycles. The Hall–Kier alpha value is -2.64. The largest absolute Gasteiger partial charge is 0.493 e. The molecule has 0 saturated carbocycles. The Morgan fingerprint density at radius 1 is 0.964 bits per heavy atom. The van der Waals surface area contributed by atoms with Crippen molar-refractivity contribution in [2.75, 3.05) is 26.7 Å². The van der Waals surface area contributed by atoms with Crippen molar-refractivity contribution in [2.24, 2.45) is 0 Å².